The summed E-state index contributed by atoms with van der Waals surface area (Å²) >= 11 is 0. The average molecular weight is 374 g/mol. The summed E-state index contributed by atoms with van der Waals surface area (Å²) in [5.74, 6) is 1.70. The third kappa shape index (κ3) is 3.52. The van der Waals surface area contributed by atoms with E-state index >= 15 is 0 Å². The minimum atomic E-state index is -4.19. The van der Waals surface area contributed by atoms with Crippen molar-refractivity contribution < 1.29 is 24.2 Å². The van der Waals surface area contributed by atoms with Crippen molar-refractivity contribution >= 4 is 7.60 Å². The summed E-state index contributed by atoms with van der Waals surface area (Å²) in [5.41, 5.74) is 5.83. The Labute approximate surface area is 152 Å². The molecule has 1 atom stereocenters. The molecule has 2 aliphatic carbocycles. The van der Waals surface area contributed by atoms with E-state index in [9.17, 15) is 9.67 Å². The van der Waals surface area contributed by atoms with E-state index in [2.05, 4.69) is 6.07 Å². The highest BCUT2D eigenvalue weighted by Gasteiger charge is 2.30. The van der Waals surface area contributed by atoms with E-state index < -0.39 is 13.9 Å². The smallest absolute Gasteiger partial charge is 0.362 e. The van der Waals surface area contributed by atoms with Crippen molar-refractivity contribution in [3.8, 4) is 11.5 Å². The maximum Gasteiger partial charge on any atom is 0.362 e. The monoisotopic (exact) mass is 374 g/mol. The SMILES string of the molecule is Cc1cc(OCP(=O)(O)O)cc2c1[C@@H](c1ccc(O)c(C3CC3)c1)CC2. The van der Waals surface area contributed by atoms with Crippen molar-refractivity contribution in [3.63, 3.8) is 0 Å². The summed E-state index contributed by atoms with van der Waals surface area (Å²) in [6, 6.07) is 9.74. The Morgan fingerprint density at radius 2 is 1.92 bits per heavy atom. The lowest BCUT2D eigenvalue weighted by Crippen LogP contribution is -2.02. The van der Waals surface area contributed by atoms with Crippen LogP contribution < -0.4 is 4.74 Å². The standard InChI is InChI=1S/C20H23O5P/c1-12-8-16(25-11-26(22,23)24)9-15-4-6-17(20(12)15)14-5-7-19(21)18(10-14)13-2-3-13/h5,7-10,13,17,21H,2-4,6,11H2,1H3,(H2,22,23,24)/t17-/m1/s1. The fraction of sp³-hybridized carbons (Fsp3) is 0.400. The first kappa shape index (κ1) is 17.6. The third-order valence-corrected chi connectivity index (χ3v) is 5.83. The minimum Gasteiger partial charge on any atom is -0.508 e. The van der Waals surface area contributed by atoms with Crippen LogP contribution in [0.4, 0.5) is 0 Å². The molecule has 0 saturated heterocycles. The van der Waals surface area contributed by atoms with Gasteiger partial charge in [0.15, 0.2) is 6.35 Å². The van der Waals surface area contributed by atoms with Crippen LogP contribution in [0.1, 0.15) is 58.9 Å². The minimum absolute atomic E-state index is 0.291. The molecule has 0 radical (unpaired) electrons. The summed E-state index contributed by atoms with van der Waals surface area (Å²) in [4.78, 5) is 18.0. The number of fused-ring (bicyclic) bond motifs is 1. The Hall–Kier alpha value is -1.81. The Kier molecular flexibility index (Phi) is 4.34. The van der Waals surface area contributed by atoms with E-state index in [-0.39, 0.29) is 0 Å². The molecule has 0 amide bonds. The van der Waals surface area contributed by atoms with Gasteiger partial charge < -0.3 is 19.6 Å². The van der Waals surface area contributed by atoms with Crippen LogP contribution in [0.2, 0.25) is 0 Å². The molecular weight excluding hydrogens is 351 g/mol. The number of benzene rings is 2. The van der Waals surface area contributed by atoms with Crippen LogP contribution in [0, 0.1) is 6.92 Å². The number of phenolic OH excluding ortho intramolecular Hbond substituents is 1. The van der Waals surface area contributed by atoms with Crippen LogP contribution in [-0.4, -0.2) is 21.2 Å². The number of rotatable bonds is 5. The van der Waals surface area contributed by atoms with Gasteiger partial charge in [0.25, 0.3) is 0 Å². The van der Waals surface area contributed by atoms with Gasteiger partial charge in [-0.15, -0.1) is 0 Å². The van der Waals surface area contributed by atoms with Crippen LogP contribution in [0.3, 0.4) is 0 Å². The van der Waals surface area contributed by atoms with Crippen molar-refractivity contribution in [2.75, 3.05) is 6.35 Å². The van der Waals surface area contributed by atoms with Crippen LogP contribution in [0.5, 0.6) is 11.5 Å². The number of ether oxygens (including phenoxy) is 1. The molecule has 2 aliphatic rings. The van der Waals surface area contributed by atoms with E-state index in [1.54, 1.807) is 0 Å². The summed E-state index contributed by atoms with van der Waals surface area (Å²) < 4.78 is 16.3. The molecule has 1 fully saturated rings. The zero-order valence-corrected chi connectivity index (χ0v) is 15.6. The molecule has 0 aliphatic heterocycles. The molecule has 0 aromatic heterocycles. The molecular formula is C20H23O5P. The Morgan fingerprint density at radius 1 is 1.15 bits per heavy atom. The summed E-state index contributed by atoms with van der Waals surface area (Å²) in [5, 5.41) is 10.1. The fourth-order valence-corrected chi connectivity index (χ4v) is 4.39. The van der Waals surface area contributed by atoms with E-state index in [0.717, 1.165) is 36.8 Å². The second kappa shape index (κ2) is 6.41. The van der Waals surface area contributed by atoms with Gasteiger partial charge in [-0.3, -0.25) is 4.57 Å². The molecule has 0 bridgehead atoms. The highest BCUT2D eigenvalue weighted by Crippen LogP contribution is 2.47. The number of aromatic hydroxyl groups is 1. The van der Waals surface area contributed by atoms with Gasteiger partial charge in [-0.2, -0.15) is 0 Å². The lowest BCUT2D eigenvalue weighted by molar-refractivity contribution is 0.300. The molecule has 0 spiro atoms. The van der Waals surface area contributed by atoms with E-state index in [0.29, 0.717) is 23.3 Å². The van der Waals surface area contributed by atoms with E-state index in [1.165, 1.54) is 16.7 Å². The van der Waals surface area contributed by atoms with Gasteiger partial charge in [0.05, 0.1) is 0 Å². The molecule has 4 rings (SSSR count). The van der Waals surface area contributed by atoms with Crippen LogP contribution in [0.15, 0.2) is 30.3 Å². The van der Waals surface area contributed by atoms with Gasteiger partial charge in [-0.05, 0) is 84.5 Å². The van der Waals surface area contributed by atoms with Gasteiger partial charge in [0.2, 0.25) is 0 Å². The summed E-state index contributed by atoms with van der Waals surface area (Å²) in [7, 11) is -4.19. The second-order valence-corrected chi connectivity index (χ2v) is 9.02. The highest BCUT2D eigenvalue weighted by atomic mass is 31.2. The molecule has 26 heavy (non-hydrogen) atoms. The first-order chi connectivity index (χ1) is 12.3. The Bertz CT molecular complexity index is 897. The third-order valence-electron chi connectivity index (χ3n) is 5.37. The number of aryl methyl sites for hydroxylation is 2. The van der Waals surface area contributed by atoms with Crippen LogP contribution in [-0.2, 0) is 11.0 Å². The van der Waals surface area contributed by atoms with Crippen molar-refractivity contribution in [2.24, 2.45) is 0 Å². The van der Waals surface area contributed by atoms with Crippen molar-refractivity contribution in [2.45, 2.75) is 44.4 Å². The van der Waals surface area contributed by atoms with Gasteiger partial charge in [0, 0.05) is 5.92 Å². The maximum atomic E-state index is 11.0. The number of hydrogen-bond donors (Lipinski definition) is 3. The highest BCUT2D eigenvalue weighted by molar-refractivity contribution is 7.51. The normalized spacial score (nSPS) is 19.4. The first-order valence-corrected chi connectivity index (χ1v) is 10.7. The largest absolute Gasteiger partial charge is 0.508 e. The molecule has 1 saturated carbocycles. The van der Waals surface area contributed by atoms with Crippen LogP contribution in [0.25, 0.3) is 0 Å². The molecule has 0 heterocycles. The van der Waals surface area contributed by atoms with Gasteiger partial charge >= 0.3 is 7.60 Å². The molecule has 138 valence electrons. The maximum absolute atomic E-state index is 11.0. The second-order valence-electron chi connectivity index (χ2n) is 7.43. The summed E-state index contributed by atoms with van der Waals surface area (Å²) in [6.45, 7) is 2.02. The fourth-order valence-electron chi connectivity index (χ4n) is 4.07. The molecule has 6 heteroatoms. The molecule has 3 N–H and O–H groups in total. The zero-order valence-electron chi connectivity index (χ0n) is 14.7. The van der Waals surface area contributed by atoms with Crippen LogP contribution >= 0.6 is 7.60 Å². The van der Waals surface area contributed by atoms with E-state index in [4.69, 9.17) is 14.5 Å². The lowest BCUT2D eigenvalue weighted by atomic mass is 9.88. The van der Waals surface area contributed by atoms with Gasteiger partial charge in [-0.25, -0.2) is 0 Å². The van der Waals surface area contributed by atoms with E-state index in [1.807, 2.05) is 31.2 Å². The quantitative estimate of drug-likeness (QED) is 0.684. The van der Waals surface area contributed by atoms with Crippen molar-refractivity contribution in [1.82, 2.24) is 0 Å². The van der Waals surface area contributed by atoms with Crippen molar-refractivity contribution in [1.29, 1.82) is 0 Å². The lowest BCUT2D eigenvalue weighted by Gasteiger charge is -2.18. The topological polar surface area (TPSA) is 87.0 Å². The molecule has 2 aromatic rings. The summed E-state index contributed by atoms with van der Waals surface area (Å²) in [6.07, 6.45) is 3.60. The Balaban J connectivity index is 1.63. The molecule has 0 unspecified atom stereocenters. The van der Waals surface area contributed by atoms with Gasteiger partial charge in [0.1, 0.15) is 11.5 Å². The zero-order chi connectivity index (χ0) is 18.5. The predicted molar refractivity (Wildman–Crippen MR) is 99.0 cm³/mol. The first-order valence-electron chi connectivity index (χ1n) is 8.95. The predicted octanol–water partition coefficient (Wildman–Crippen LogP) is 4.17. The number of hydrogen-bond acceptors (Lipinski definition) is 3. The average Bonchev–Trinajstić information content (AvgIpc) is 3.32. The Morgan fingerprint density at radius 3 is 2.62 bits per heavy atom. The number of phenols is 1. The van der Waals surface area contributed by atoms with Gasteiger partial charge in [-0.1, -0.05) is 12.1 Å². The molecule has 5 nitrogen and oxygen atoms in total. The molecule has 2 aromatic carbocycles. The van der Waals surface area contributed by atoms with Crippen molar-refractivity contribution in [3.05, 3.63) is 58.1 Å².